The molecule has 1 aromatic carbocycles. The molecule has 1 fully saturated rings. The van der Waals surface area contributed by atoms with Crippen LogP contribution in [0.4, 0.5) is 5.69 Å². The van der Waals surface area contributed by atoms with Gasteiger partial charge in [0.1, 0.15) is 0 Å². The van der Waals surface area contributed by atoms with Gasteiger partial charge in [0.25, 0.3) is 0 Å². The van der Waals surface area contributed by atoms with E-state index in [0.717, 1.165) is 22.5 Å². The van der Waals surface area contributed by atoms with E-state index in [1.165, 1.54) is 0 Å². The van der Waals surface area contributed by atoms with Crippen molar-refractivity contribution in [2.24, 2.45) is 5.92 Å². The summed E-state index contributed by atoms with van der Waals surface area (Å²) in [4.78, 5) is 28.7. The van der Waals surface area contributed by atoms with Crippen LogP contribution in [0.1, 0.15) is 49.6 Å². The molecule has 4 nitrogen and oxygen atoms in total. The molecule has 1 aliphatic heterocycles. The van der Waals surface area contributed by atoms with Gasteiger partial charge in [-0.15, -0.1) is 11.3 Å². The number of amides is 2. The molecule has 0 saturated carbocycles. The van der Waals surface area contributed by atoms with Crippen molar-refractivity contribution < 1.29 is 9.59 Å². The van der Waals surface area contributed by atoms with Crippen LogP contribution in [0.2, 0.25) is 0 Å². The molecular weight excluding hydrogens is 344 g/mol. The zero-order chi connectivity index (χ0) is 18.7. The number of nitrogens with one attached hydrogen (secondary N) is 1. The molecule has 26 heavy (non-hydrogen) atoms. The minimum absolute atomic E-state index is 0.0439. The van der Waals surface area contributed by atoms with Crippen molar-refractivity contribution in [3.05, 3.63) is 52.2 Å². The molecule has 2 heterocycles. The van der Waals surface area contributed by atoms with Crippen molar-refractivity contribution in [3.63, 3.8) is 0 Å². The third kappa shape index (κ3) is 3.83. The van der Waals surface area contributed by atoms with Crippen LogP contribution >= 0.6 is 11.3 Å². The van der Waals surface area contributed by atoms with Gasteiger partial charge in [0, 0.05) is 23.0 Å². The van der Waals surface area contributed by atoms with Crippen LogP contribution in [-0.4, -0.2) is 17.9 Å². The fourth-order valence-electron chi connectivity index (χ4n) is 3.41. The second kappa shape index (κ2) is 8.04. The summed E-state index contributed by atoms with van der Waals surface area (Å²) in [5.74, 6) is -0.108. The number of benzene rings is 1. The van der Waals surface area contributed by atoms with Gasteiger partial charge in [-0.1, -0.05) is 30.7 Å². The molecule has 0 spiro atoms. The van der Waals surface area contributed by atoms with Crippen molar-refractivity contribution in [2.75, 3.05) is 4.90 Å². The molecule has 5 heteroatoms. The second-order valence-corrected chi connectivity index (χ2v) is 8.00. The van der Waals surface area contributed by atoms with E-state index < -0.39 is 0 Å². The number of carbonyl (C=O) groups excluding carboxylic acids is 2. The number of hydrogen-bond acceptors (Lipinski definition) is 3. The Hall–Kier alpha value is -2.14. The van der Waals surface area contributed by atoms with Crippen LogP contribution in [0.5, 0.6) is 0 Å². The molecule has 0 bridgehead atoms. The van der Waals surface area contributed by atoms with Gasteiger partial charge in [-0.25, -0.2) is 0 Å². The van der Waals surface area contributed by atoms with E-state index in [9.17, 15) is 9.59 Å². The lowest BCUT2D eigenvalue weighted by atomic mass is 9.86. The molecule has 0 aliphatic carbocycles. The Morgan fingerprint density at radius 1 is 1.31 bits per heavy atom. The van der Waals surface area contributed by atoms with E-state index in [1.807, 2.05) is 60.5 Å². The van der Waals surface area contributed by atoms with Crippen LogP contribution < -0.4 is 10.2 Å². The maximum atomic E-state index is 13.0. The van der Waals surface area contributed by atoms with Gasteiger partial charge in [0.15, 0.2) is 0 Å². The normalized spacial score (nSPS) is 21.5. The molecule has 1 aromatic heterocycles. The fraction of sp³-hybridized carbons (Fsp3) is 0.429. The number of carbonyl (C=O) groups is 2. The highest BCUT2D eigenvalue weighted by Crippen LogP contribution is 2.41. The smallest absolute Gasteiger partial charge is 0.227 e. The Morgan fingerprint density at radius 3 is 2.65 bits per heavy atom. The van der Waals surface area contributed by atoms with E-state index in [-0.39, 0.29) is 29.8 Å². The summed E-state index contributed by atoms with van der Waals surface area (Å²) in [6.07, 6.45) is 1.88. The second-order valence-electron chi connectivity index (χ2n) is 7.02. The maximum Gasteiger partial charge on any atom is 0.227 e. The van der Waals surface area contributed by atoms with E-state index >= 15 is 0 Å². The highest BCUT2D eigenvalue weighted by Gasteiger charge is 2.42. The van der Waals surface area contributed by atoms with Crippen molar-refractivity contribution in [1.82, 2.24) is 5.32 Å². The van der Waals surface area contributed by atoms with E-state index in [4.69, 9.17) is 0 Å². The third-order valence-electron chi connectivity index (χ3n) is 5.08. The molecule has 3 atom stereocenters. The Morgan fingerprint density at radius 2 is 2.04 bits per heavy atom. The lowest BCUT2D eigenvalue weighted by molar-refractivity contribution is -0.129. The number of aryl methyl sites for hydroxylation is 1. The summed E-state index contributed by atoms with van der Waals surface area (Å²) in [5.41, 5.74) is 2.01. The first-order valence-electron chi connectivity index (χ1n) is 9.23. The number of nitrogens with zero attached hydrogens (tertiary/aromatic N) is 1. The molecule has 3 rings (SSSR count). The Balaban J connectivity index is 1.99. The van der Waals surface area contributed by atoms with Crippen molar-refractivity contribution in [2.45, 2.75) is 52.1 Å². The van der Waals surface area contributed by atoms with Gasteiger partial charge in [0.2, 0.25) is 11.8 Å². The largest absolute Gasteiger partial charge is 0.353 e. The number of rotatable bonds is 5. The van der Waals surface area contributed by atoms with Crippen molar-refractivity contribution in [3.8, 4) is 0 Å². The third-order valence-corrected chi connectivity index (χ3v) is 6.02. The average Bonchev–Trinajstić information content (AvgIpc) is 3.16. The lowest BCUT2D eigenvalue weighted by Gasteiger charge is -2.40. The molecular formula is C21H26N2O2S. The molecule has 2 amide bonds. The van der Waals surface area contributed by atoms with Crippen LogP contribution in [0.15, 0.2) is 41.8 Å². The molecule has 2 aromatic rings. The minimum atomic E-state index is -0.247. The Labute approximate surface area is 159 Å². The maximum absolute atomic E-state index is 13.0. The van der Waals surface area contributed by atoms with E-state index in [2.05, 4.69) is 12.2 Å². The minimum Gasteiger partial charge on any atom is -0.353 e. The predicted octanol–water partition coefficient (Wildman–Crippen LogP) is 4.46. The van der Waals surface area contributed by atoms with Crippen molar-refractivity contribution >= 4 is 28.8 Å². The summed E-state index contributed by atoms with van der Waals surface area (Å²) in [5, 5.41) is 5.12. The van der Waals surface area contributed by atoms with Gasteiger partial charge in [-0.3, -0.25) is 9.59 Å². The highest BCUT2D eigenvalue weighted by molar-refractivity contribution is 7.10. The number of thiophene rings is 1. The van der Waals surface area contributed by atoms with Crippen LogP contribution in [-0.2, 0) is 9.59 Å². The molecule has 1 aliphatic rings. The highest BCUT2D eigenvalue weighted by atomic mass is 32.1. The van der Waals surface area contributed by atoms with Gasteiger partial charge in [-0.05, 0) is 50.3 Å². The first-order chi connectivity index (χ1) is 12.5. The summed E-state index contributed by atoms with van der Waals surface area (Å²) in [6, 6.07) is 11.9. The standard InChI is InChI=1S/C21H26N2O2S/c1-4-15(3)22-21(25)17-11-12-19(24)23(16-9-7-14(2)8-10-16)20(17)18-6-5-13-26-18/h5-10,13,15,17,20H,4,11-12H2,1-3H3,(H,22,25). The lowest BCUT2D eigenvalue weighted by Crippen LogP contribution is -2.49. The number of anilines is 1. The summed E-state index contributed by atoms with van der Waals surface area (Å²) < 4.78 is 0. The van der Waals surface area contributed by atoms with Gasteiger partial charge in [0.05, 0.1) is 12.0 Å². The Bertz CT molecular complexity index is 755. The van der Waals surface area contributed by atoms with E-state index in [1.54, 1.807) is 11.3 Å². The quantitative estimate of drug-likeness (QED) is 0.845. The van der Waals surface area contributed by atoms with Gasteiger partial charge in [-0.2, -0.15) is 0 Å². The average molecular weight is 371 g/mol. The molecule has 0 radical (unpaired) electrons. The molecule has 3 unspecified atom stereocenters. The fourth-order valence-corrected chi connectivity index (χ4v) is 4.29. The SMILES string of the molecule is CCC(C)NC(=O)C1CCC(=O)N(c2ccc(C)cc2)C1c1cccs1. The van der Waals surface area contributed by atoms with Crippen LogP contribution in [0.3, 0.4) is 0 Å². The zero-order valence-corrected chi connectivity index (χ0v) is 16.4. The zero-order valence-electron chi connectivity index (χ0n) is 15.6. The number of piperidine rings is 1. The van der Waals surface area contributed by atoms with Gasteiger partial charge < -0.3 is 10.2 Å². The molecule has 1 N–H and O–H groups in total. The van der Waals surface area contributed by atoms with Crippen LogP contribution in [0.25, 0.3) is 0 Å². The summed E-state index contributed by atoms with van der Waals surface area (Å²) >= 11 is 1.60. The first kappa shape index (κ1) is 18.6. The molecule has 1 saturated heterocycles. The summed E-state index contributed by atoms with van der Waals surface area (Å²) in [7, 11) is 0. The van der Waals surface area contributed by atoms with Crippen LogP contribution in [0, 0.1) is 12.8 Å². The topological polar surface area (TPSA) is 49.4 Å². The first-order valence-corrected chi connectivity index (χ1v) is 10.1. The predicted molar refractivity (Wildman–Crippen MR) is 106 cm³/mol. The monoisotopic (exact) mass is 370 g/mol. The van der Waals surface area contributed by atoms with Crippen molar-refractivity contribution in [1.29, 1.82) is 0 Å². The molecule has 138 valence electrons. The summed E-state index contributed by atoms with van der Waals surface area (Å²) in [6.45, 7) is 6.11. The Kier molecular flexibility index (Phi) is 5.77. The number of hydrogen-bond donors (Lipinski definition) is 1. The van der Waals surface area contributed by atoms with E-state index in [0.29, 0.717) is 12.8 Å². The van der Waals surface area contributed by atoms with Gasteiger partial charge >= 0.3 is 0 Å².